The average Bonchev–Trinajstić information content (AvgIpc) is 2.38. The second kappa shape index (κ2) is 6.34. The zero-order valence-corrected chi connectivity index (χ0v) is 11.6. The molecule has 0 saturated carbocycles. The summed E-state index contributed by atoms with van der Waals surface area (Å²) in [5.41, 5.74) is 1.03. The van der Waals surface area contributed by atoms with Gasteiger partial charge in [-0.2, -0.15) is 11.8 Å². The van der Waals surface area contributed by atoms with Crippen molar-refractivity contribution < 1.29 is 9.90 Å². The maximum Gasteiger partial charge on any atom is 0.335 e. The molecule has 0 radical (unpaired) electrons. The number of carboxylic acid groups (broad SMARTS) is 1. The van der Waals surface area contributed by atoms with E-state index >= 15 is 0 Å². The first-order valence-electron chi connectivity index (χ1n) is 6.05. The van der Waals surface area contributed by atoms with Crippen molar-refractivity contribution in [2.24, 2.45) is 0 Å². The Kier molecular flexibility index (Phi) is 4.78. The summed E-state index contributed by atoms with van der Waals surface area (Å²) in [6.45, 7) is 0.886. The van der Waals surface area contributed by atoms with E-state index in [0.717, 1.165) is 12.2 Å². The highest BCUT2D eigenvalue weighted by Crippen LogP contribution is 2.27. The van der Waals surface area contributed by atoms with Crippen molar-refractivity contribution in [1.82, 2.24) is 0 Å². The van der Waals surface area contributed by atoms with Crippen LogP contribution in [-0.2, 0) is 0 Å². The number of carboxylic acids is 1. The fourth-order valence-corrected chi connectivity index (χ4v) is 3.47. The Bertz CT molecular complexity index is 433. The maximum absolute atomic E-state index is 10.8. The summed E-state index contributed by atoms with van der Waals surface area (Å²) in [6, 6.07) is 4.80. The van der Waals surface area contributed by atoms with Crippen molar-refractivity contribution >= 4 is 35.0 Å². The molecule has 0 aromatic heterocycles. The van der Waals surface area contributed by atoms with Crippen molar-refractivity contribution in [3.05, 3.63) is 28.8 Å². The van der Waals surface area contributed by atoms with Crippen molar-refractivity contribution in [2.75, 3.05) is 17.6 Å². The van der Waals surface area contributed by atoms with E-state index in [0.29, 0.717) is 10.3 Å². The number of aromatic carboxylic acids is 1. The third-order valence-electron chi connectivity index (χ3n) is 3.01. The summed E-state index contributed by atoms with van der Waals surface area (Å²) >= 11 is 8.06. The van der Waals surface area contributed by atoms with E-state index < -0.39 is 5.97 Å². The Hall–Kier alpha value is -0.870. The normalized spacial score (nSPS) is 19.5. The average molecular weight is 286 g/mol. The Balaban J connectivity index is 1.94. The van der Waals surface area contributed by atoms with Gasteiger partial charge in [0.15, 0.2) is 0 Å². The molecule has 1 saturated heterocycles. The molecule has 1 fully saturated rings. The largest absolute Gasteiger partial charge is 0.478 e. The van der Waals surface area contributed by atoms with Crippen molar-refractivity contribution in [3.8, 4) is 0 Å². The lowest BCUT2D eigenvalue weighted by atomic mass is 10.1. The number of hydrogen-bond donors (Lipinski definition) is 2. The number of benzene rings is 1. The molecule has 1 heterocycles. The van der Waals surface area contributed by atoms with Gasteiger partial charge in [-0.1, -0.05) is 18.0 Å². The summed E-state index contributed by atoms with van der Waals surface area (Å²) in [4.78, 5) is 10.8. The molecule has 0 spiro atoms. The van der Waals surface area contributed by atoms with Gasteiger partial charge in [-0.3, -0.25) is 0 Å². The molecule has 1 unspecified atom stereocenters. The minimum Gasteiger partial charge on any atom is -0.478 e. The number of carbonyl (C=O) groups is 1. The fourth-order valence-electron chi connectivity index (χ4n) is 1.98. The van der Waals surface area contributed by atoms with Gasteiger partial charge < -0.3 is 10.4 Å². The molecule has 1 atom stereocenters. The van der Waals surface area contributed by atoms with Crippen LogP contribution in [0.25, 0.3) is 0 Å². The first kappa shape index (κ1) is 13.6. The SMILES string of the molecule is O=C(O)c1ccc(NCC2CCCCS2)c(Cl)c1. The van der Waals surface area contributed by atoms with Crippen LogP contribution in [0.15, 0.2) is 18.2 Å². The van der Waals surface area contributed by atoms with E-state index in [1.54, 1.807) is 12.1 Å². The first-order valence-corrected chi connectivity index (χ1v) is 7.48. The topological polar surface area (TPSA) is 49.3 Å². The lowest BCUT2D eigenvalue weighted by Crippen LogP contribution is -2.20. The summed E-state index contributed by atoms with van der Waals surface area (Å²) < 4.78 is 0. The van der Waals surface area contributed by atoms with Crippen LogP contribution in [-0.4, -0.2) is 28.6 Å². The summed E-state index contributed by atoms with van der Waals surface area (Å²) in [5.74, 6) is 0.282. The molecule has 2 N–H and O–H groups in total. The van der Waals surface area contributed by atoms with Gasteiger partial charge in [0, 0.05) is 11.8 Å². The smallest absolute Gasteiger partial charge is 0.335 e. The minimum absolute atomic E-state index is 0.220. The zero-order chi connectivity index (χ0) is 13.0. The number of thioether (sulfide) groups is 1. The Morgan fingerprint density at radius 3 is 2.94 bits per heavy atom. The number of halogens is 1. The minimum atomic E-state index is -0.953. The molecule has 1 aromatic rings. The van der Waals surface area contributed by atoms with Gasteiger partial charge in [-0.25, -0.2) is 4.79 Å². The van der Waals surface area contributed by atoms with Gasteiger partial charge in [0.1, 0.15) is 0 Å². The third-order valence-corrected chi connectivity index (χ3v) is 4.72. The number of hydrogen-bond acceptors (Lipinski definition) is 3. The zero-order valence-electron chi connectivity index (χ0n) is 9.99. The molecule has 0 bridgehead atoms. The van der Waals surface area contributed by atoms with Crippen LogP contribution in [0.3, 0.4) is 0 Å². The highest BCUT2D eigenvalue weighted by molar-refractivity contribution is 7.99. The van der Waals surface area contributed by atoms with E-state index in [1.165, 1.54) is 31.1 Å². The Morgan fingerprint density at radius 1 is 1.50 bits per heavy atom. The van der Waals surface area contributed by atoms with Gasteiger partial charge in [0.05, 0.1) is 16.3 Å². The third kappa shape index (κ3) is 3.56. The second-order valence-corrected chi connectivity index (χ2v) is 6.18. The van der Waals surface area contributed by atoms with Crippen LogP contribution in [0.1, 0.15) is 29.6 Å². The molecule has 1 aliphatic heterocycles. The molecule has 1 aromatic carbocycles. The summed E-state index contributed by atoms with van der Waals surface area (Å²) in [7, 11) is 0. The Labute approximate surface area is 116 Å². The van der Waals surface area contributed by atoms with Gasteiger partial charge in [0.25, 0.3) is 0 Å². The monoisotopic (exact) mass is 285 g/mol. The predicted octanol–water partition coefficient (Wildman–Crippen LogP) is 3.74. The molecule has 0 amide bonds. The Morgan fingerprint density at radius 2 is 2.33 bits per heavy atom. The van der Waals surface area contributed by atoms with E-state index in [-0.39, 0.29) is 5.56 Å². The lowest BCUT2D eigenvalue weighted by Gasteiger charge is -2.22. The fraction of sp³-hybridized carbons (Fsp3) is 0.462. The molecule has 0 aliphatic carbocycles. The van der Waals surface area contributed by atoms with Crippen molar-refractivity contribution in [2.45, 2.75) is 24.5 Å². The summed E-state index contributed by atoms with van der Waals surface area (Å²) in [5, 5.41) is 13.3. The van der Waals surface area contributed by atoms with E-state index in [4.69, 9.17) is 16.7 Å². The molecular formula is C13H16ClNO2S. The van der Waals surface area contributed by atoms with Crippen LogP contribution in [0.4, 0.5) is 5.69 Å². The number of nitrogens with one attached hydrogen (secondary N) is 1. The van der Waals surface area contributed by atoms with E-state index in [2.05, 4.69) is 5.32 Å². The quantitative estimate of drug-likeness (QED) is 0.885. The van der Waals surface area contributed by atoms with Crippen LogP contribution in [0, 0.1) is 0 Å². The number of anilines is 1. The molecular weight excluding hydrogens is 270 g/mol. The van der Waals surface area contributed by atoms with Gasteiger partial charge in [-0.05, 0) is 36.8 Å². The molecule has 98 valence electrons. The predicted molar refractivity (Wildman–Crippen MR) is 77.0 cm³/mol. The van der Waals surface area contributed by atoms with Gasteiger partial charge in [0.2, 0.25) is 0 Å². The lowest BCUT2D eigenvalue weighted by molar-refractivity contribution is 0.0697. The summed E-state index contributed by atoms with van der Waals surface area (Å²) in [6.07, 6.45) is 3.85. The molecule has 1 aliphatic rings. The standard InChI is InChI=1S/C13H16ClNO2S/c14-11-7-9(13(16)17)4-5-12(11)15-8-10-3-1-2-6-18-10/h4-5,7,10,15H,1-3,6,8H2,(H,16,17). The molecule has 3 nitrogen and oxygen atoms in total. The first-order chi connectivity index (χ1) is 8.66. The number of rotatable bonds is 4. The molecule has 5 heteroatoms. The maximum atomic E-state index is 10.8. The molecule has 2 rings (SSSR count). The van der Waals surface area contributed by atoms with Crippen molar-refractivity contribution in [3.63, 3.8) is 0 Å². The van der Waals surface area contributed by atoms with E-state index in [9.17, 15) is 4.79 Å². The highest BCUT2D eigenvalue weighted by Gasteiger charge is 2.14. The molecule has 18 heavy (non-hydrogen) atoms. The van der Waals surface area contributed by atoms with Crippen molar-refractivity contribution in [1.29, 1.82) is 0 Å². The van der Waals surface area contributed by atoms with Crippen LogP contribution in [0.5, 0.6) is 0 Å². The van der Waals surface area contributed by atoms with Crippen LogP contribution in [0.2, 0.25) is 5.02 Å². The van der Waals surface area contributed by atoms with Crippen LogP contribution >= 0.6 is 23.4 Å². The highest BCUT2D eigenvalue weighted by atomic mass is 35.5. The second-order valence-electron chi connectivity index (χ2n) is 4.37. The van der Waals surface area contributed by atoms with Gasteiger partial charge >= 0.3 is 5.97 Å². The van der Waals surface area contributed by atoms with E-state index in [1.807, 2.05) is 11.8 Å². The van der Waals surface area contributed by atoms with Gasteiger partial charge in [-0.15, -0.1) is 0 Å². The van der Waals surface area contributed by atoms with Crippen LogP contribution < -0.4 is 5.32 Å².